The van der Waals surface area contributed by atoms with Gasteiger partial charge in [0.1, 0.15) is 0 Å². The van der Waals surface area contributed by atoms with Crippen LogP contribution < -0.4 is 5.32 Å². The maximum Gasteiger partial charge on any atom is 0.307 e. The molecule has 1 aliphatic heterocycles. The second-order valence-corrected chi connectivity index (χ2v) is 3.87. The third-order valence-electron chi connectivity index (χ3n) is 2.61. The lowest BCUT2D eigenvalue weighted by Gasteiger charge is -2.30. The van der Waals surface area contributed by atoms with E-state index in [2.05, 4.69) is 19.2 Å². The fourth-order valence-electron chi connectivity index (χ4n) is 1.66. The predicted octanol–water partition coefficient (Wildman–Crippen LogP) is 1.10. The van der Waals surface area contributed by atoms with Crippen LogP contribution in [-0.2, 0) is 4.79 Å². The van der Waals surface area contributed by atoms with Crippen LogP contribution in [0.15, 0.2) is 0 Å². The smallest absolute Gasteiger partial charge is 0.307 e. The van der Waals surface area contributed by atoms with E-state index in [1.807, 2.05) is 0 Å². The lowest BCUT2D eigenvalue weighted by atomic mass is 9.89. The van der Waals surface area contributed by atoms with Gasteiger partial charge in [-0.25, -0.2) is 0 Å². The van der Waals surface area contributed by atoms with E-state index in [9.17, 15) is 4.79 Å². The summed E-state index contributed by atoms with van der Waals surface area (Å²) in [7, 11) is 0. The van der Waals surface area contributed by atoms with E-state index >= 15 is 0 Å². The maximum absolute atomic E-state index is 10.6. The molecule has 3 heteroatoms. The SMILES string of the molecule is CC(C)C1CCC(C(=O)O)CN1. The molecule has 0 aromatic heterocycles. The Labute approximate surface area is 73.2 Å². The number of piperidine rings is 1. The zero-order valence-electron chi connectivity index (χ0n) is 7.71. The lowest BCUT2D eigenvalue weighted by Crippen LogP contribution is -2.44. The monoisotopic (exact) mass is 171 g/mol. The highest BCUT2D eigenvalue weighted by molar-refractivity contribution is 5.70. The number of carboxylic acid groups (broad SMARTS) is 1. The van der Waals surface area contributed by atoms with Crippen molar-refractivity contribution in [3.63, 3.8) is 0 Å². The minimum Gasteiger partial charge on any atom is -0.481 e. The van der Waals surface area contributed by atoms with Crippen LogP contribution in [0.3, 0.4) is 0 Å². The van der Waals surface area contributed by atoms with E-state index in [1.165, 1.54) is 0 Å². The molecule has 1 aliphatic rings. The van der Waals surface area contributed by atoms with Gasteiger partial charge in [0, 0.05) is 12.6 Å². The summed E-state index contributed by atoms with van der Waals surface area (Å²) in [6.45, 7) is 4.97. The second kappa shape index (κ2) is 3.90. The van der Waals surface area contributed by atoms with Crippen LogP contribution >= 0.6 is 0 Å². The number of carbonyl (C=O) groups is 1. The second-order valence-electron chi connectivity index (χ2n) is 3.87. The molecule has 0 aromatic carbocycles. The van der Waals surface area contributed by atoms with Crippen molar-refractivity contribution in [1.29, 1.82) is 0 Å². The first-order valence-corrected chi connectivity index (χ1v) is 4.57. The fraction of sp³-hybridized carbons (Fsp3) is 0.889. The van der Waals surface area contributed by atoms with Gasteiger partial charge >= 0.3 is 5.97 Å². The Morgan fingerprint density at radius 2 is 2.17 bits per heavy atom. The summed E-state index contributed by atoms with van der Waals surface area (Å²) in [6.07, 6.45) is 1.82. The number of aliphatic carboxylic acids is 1. The lowest BCUT2D eigenvalue weighted by molar-refractivity contribution is -0.142. The Bertz CT molecular complexity index is 160. The summed E-state index contributed by atoms with van der Waals surface area (Å²) in [6, 6.07) is 0.514. The van der Waals surface area contributed by atoms with Crippen LogP contribution in [-0.4, -0.2) is 23.7 Å². The maximum atomic E-state index is 10.6. The van der Waals surface area contributed by atoms with Crippen molar-refractivity contribution in [2.75, 3.05) is 6.54 Å². The van der Waals surface area contributed by atoms with Crippen molar-refractivity contribution in [2.45, 2.75) is 32.7 Å². The van der Waals surface area contributed by atoms with Crippen molar-refractivity contribution < 1.29 is 9.90 Å². The molecule has 1 heterocycles. The van der Waals surface area contributed by atoms with Gasteiger partial charge in [0.15, 0.2) is 0 Å². The van der Waals surface area contributed by atoms with Gasteiger partial charge in [0.25, 0.3) is 0 Å². The third-order valence-corrected chi connectivity index (χ3v) is 2.61. The molecule has 0 aliphatic carbocycles. The van der Waals surface area contributed by atoms with Gasteiger partial charge < -0.3 is 10.4 Å². The minimum atomic E-state index is -0.662. The summed E-state index contributed by atoms with van der Waals surface area (Å²) < 4.78 is 0. The largest absolute Gasteiger partial charge is 0.481 e. The summed E-state index contributed by atoms with van der Waals surface area (Å²) >= 11 is 0. The summed E-state index contributed by atoms with van der Waals surface area (Å²) in [5, 5.41) is 12.0. The van der Waals surface area contributed by atoms with E-state index in [1.54, 1.807) is 0 Å². The molecule has 0 amide bonds. The van der Waals surface area contributed by atoms with Crippen LogP contribution in [0.1, 0.15) is 26.7 Å². The number of hydrogen-bond acceptors (Lipinski definition) is 2. The highest BCUT2D eigenvalue weighted by Crippen LogP contribution is 2.18. The van der Waals surface area contributed by atoms with Crippen LogP contribution in [0.2, 0.25) is 0 Å². The molecule has 70 valence electrons. The molecule has 2 unspecified atom stereocenters. The Hall–Kier alpha value is -0.570. The first-order chi connectivity index (χ1) is 5.61. The minimum absolute atomic E-state index is 0.167. The molecule has 0 radical (unpaired) electrons. The number of rotatable bonds is 2. The molecule has 0 saturated carbocycles. The number of carboxylic acids is 1. The molecular weight excluding hydrogens is 154 g/mol. The molecule has 1 saturated heterocycles. The Balaban J connectivity index is 2.34. The Morgan fingerprint density at radius 1 is 1.50 bits per heavy atom. The van der Waals surface area contributed by atoms with Crippen molar-refractivity contribution in [2.24, 2.45) is 11.8 Å². The summed E-state index contributed by atoms with van der Waals surface area (Å²) in [5.41, 5.74) is 0. The van der Waals surface area contributed by atoms with Crippen LogP contribution in [0.5, 0.6) is 0 Å². The fourth-order valence-corrected chi connectivity index (χ4v) is 1.66. The van der Waals surface area contributed by atoms with Crippen molar-refractivity contribution in [1.82, 2.24) is 5.32 Å². The standard InChI is InChI=1S/C9H17NO2/c1-6(2)8-4-3-7(5-10-8)9(11)12/h6-8,10H,3-5H2,1-2H3,(H,11,12). The molecule has 0 spiro atoms. The van der Waals surface area contributed by atoms with Gasteiger partial charge in [-0.05, 0) is 18.8 Å². The topological polar surface area (TPSA) is 49.3 Å². The number of nitrogens with one attached hydrogen (secondary N) is 1. The van der Waals surface area contributed by atoms with E-state index in [-0.39, 0.29) is 5.92 Å². The number of hydrogen-bond donors (Lipinski definition) is 2. The highest BCUT2D eigenvalue weighted by atomic mass is 16.4. The Kier molecular flexibility index (Phi) is 3.09. The predicted molar refractivity (Wildman–Crippen MR) is 47.0 cm³/mol. The average Bonchev–Trinajstić information content (AvgIpc) is 2.04. The van der Waals surface area contributed by atoms with Crippen molar-refractivity contribution in [3.05, 3.63) is 0 Å². The van der Waals surface area contributed by atoms with Crippen molar-refractivity contribution in [3.8, 4) is 0 Å². The third kappa shape index (κ3) is 2.21. The van der Waals surface area contributed by atoms with Crippen molar-refractivity contribution >= 4 is 5.97 Å². The van der Waals surface area contributed by atoms with E-state index in [0.29, 0.717) is 18.5 Å². The van der Waals surface area contributed by atoms with Gasteiger partial charge in [-0.2, -0.15) is 0 Å². The van der Waals surface area contributed by atoms with Crippen LogP contribution in [0, 0.1) is 11.8 Å². The Morgan fingerprint density at radius 3 is 2.50 bits per heavy atom. The van der Waals surface area contributed by atoms with Crippen LogP contribution in [0.25, 0.3) is 0 Å². The molecule has 2 atom stereocenters. The van der Waals surface area contributed by atoms with E-state index in [0.717, 1.165) is 12.8 Å². The molecule has 3 nitrogen and oxygen atoms in total. The van der Waals surface area contributed by atoms with Gasteiger partial charge in [0.2, 0.25) is 0 Å². The molecule has 0 aromatic rings. The average molecular weight is 171 g/mol. The molecule has 1 rings (SSSR count). The van der Waals surface area contributed by atoms with Gasteiger partial charge in [-0.1, -0.05) is 13.8 Å². The zero-order chi connectivity index (χ0) is 9.14. The normalized spacial score (nSPS) is 30.6. The van der Waals surface area contributed by atoms with E-state index in [4.69, 9.17) is 5.11 Å². The molecule has 12 heavy (non-hydrogen) atoms. The van der Waals surface area contributed by atoms with Gasteiger partial charge in [-0.3, -0.25) is 4.79 Å². The molecule has 1 fully saturated rings. The summed E-state index contributed by atoms with van der Waals surface area (Å²) in [5.74, 6) is -0.218. The molecular formula is C9H17NO2. The summed E-state index contributed by atoms with van der Waals surface area (Å²) in [4.78, 5) is 10.6. The molecule has 2 N–H and O–H groups in total. The first kappa shape index (κ1) is 9.52. The van der Waals surface area contributed by atoms with Crippen LogP contribution in [0.4, 0.5) is 0 Å². The van der Waals surface area contributed by atoms with Gasteiger partial charge in [0.05, 0.1) is 5.92 Å². The highest BCUT2D eigenvalue weighted by Gasteiger charge is 2.26. The quantitative estimate of drug-likeness (QED) is 0.654. The zero-order valence-corrected chi connectivity index (χ0v) is 7.71. The first-order valence-electron chi connectivity index (χ1n) is 4.57. The van der Waals surface area contributed by atoms with Gasteiger partial charge in [-0.15, -0.1) is 0 Å². The van der Waals surface area contributed by atoms with E-state index < -0.39 is 5.97 Å². The molecule has 0 bridgehead atoms.